The van der Waals surface area contributed by atoms with E-state index in [9.17, 15) is 0 Å². The van der Waals surface area contributed by atoms with Crippen LogP contribution in [0.5, 0.6) is 0 Å². The molecule has 51 heavy (non-hydrogen) atoms. The molecule has 0 fully saturated rings. The summed E-state index contributed by atoms with van der Waals surface area (Å²) < 4.78 is 4.74. The molecule has 0 aliphatic heterocycles. The summed E-state index contributed by atoms with van der Waals surface area (Å²) in [7, 11) is 0. The molecule has 0 spiro atoms. The van der Waals surface area contributed by atoms with Crippen molar-refractivity contribution in [3.63, 3.8) is 0 Å². The van der Waals surface area contributed by atoms with Crippen molar-refractivity contribution in [3.05, 3.63) is 200 Å². The van der Waals surface area contributed by atoms with Crippen LogP contribution in [-0.4, -0.2) is 9.13 Å². The maximum absolute atomic E-state index is 2.37. The highest BCUT2D eigenvalue weighted by Gasteiger charge is 2.18. The minimum absolute atomic E-state index is 1.10. The van der Waals surface area contributed by atoms with Crippen LogP contribution in [0.4, 0.5) is 17.1 Å². The topological polar surface area (TPSA) is 13.1 Å². The van der Waals surface area contributed by atoms with Crippen LogP contribution in [0.15, 0.2) is 200 Å². The molecule has 8 aromatic carbocycles. The molecule has 0 amide bonds. The molecule has 0 saturated heterocycles. The molecule has 2 aromatic heterocycles. The lowest BCUT2D eigenvalue weighted by atomic mass is 10.0. The van der Waals surface area contributed by atoms with Gasteiger partial charge in [-0.05, 0) is 96.1 Å². The Hall–Kier alpha value is -6.84. The van der Waals surface area contributed by atoms with Crippen molar-refractivity contribution in [2.45, 2.75) is 0 Å². The molecule has 0 atom stereocenters. The third-order valence-corrected chi connectivity index (χ3v) is 10.1. The predicted molar refractivity (Wildman–Crippen MR) is 215 cm³/mol. The highest BCUT2D eigenvalue weighted by molar-refractivity contribution is 6.11. The molecule has 0 aliphatic carbocycles. The molecule has 0 radical (unpaired) electrons. The second kappa shape index (κ2) is 11.9. The number of fused-ring (bicyclic) bond motifs is 6. The van der Waals surface area contributed by atoms with E-state index < -0.39 is 0 Å². The Morgan fingerprint density at radius 3 is 1.24 bits per heavy atom. The summed E-state index contributed by atoms with van der Waals surface area (Å²) in [6.07, 6.45) is 0. The Bertz CT molecular complexity index is 2770. The standard InChI is InChI=1S/C48H33N3/c1-3-13-34(14-4-1)35-23-25-37(26-24-35)49(38-27-29-39(30-28-38)51-45-20-10-7-17-41(45)42-18-8-11-21-46(42)51)40-31-32-48-44(33-40)43-19-9-12-22-47(43)50(48)36-15-5-2-6-16-36/h1-33H. The lowest BCUT2D eigenvalue weighted by Crippen LogP contribution is -2.10. The van der Waals surface area contributed by atoms with Crippen molar-refractivity contribution in [3.8, 4) is 22.5 Å². The van der Waals surface area contributed by atoms with Crippen LogP contribution in [0.25, 0.3) is 66.1 Å². The molecule has 0 bridgehead atoms. The largest absolute Gasteiger partial charge is 0.310 e. The number of anilines is 3. The first-order valence-corrected chi connectivity index (χ1v) is 17.4. The molecule has 0 N–H and O–H groups in total. The van der Waals surface area contributed by atoms with Gasteiger partial charge in [0.1, 0.15) is 0 Å². The zero-order chi connectivity index (χ0) is 33.7. The number of hydrogen-bond donors (Lipinski definition) is 0. The number of aromatic nitrogens is 2. The lowest BCUT2D eigenvalue weighted by molar-refractivity contribution is 1.17. The van der Waals surface area contributed by atoms with E-state index >= 15 is 0 Å². The molecule has 0 unspecified atom stereocenters. The Labute approximate surface area is 296 Å². The first-order chi connectivity index (χ1) is 25.3. The van der Waals surface area contributed by atoms with Gasteiger partial charge in [-0.15, -0.1) is 0 Å². The van der Waals surface area contributed by atoms with Crippen LogP contribution in [0.3, 0.4) is 0 Å². The van der Waals surface area contributed by atoms with E-state index in [0.717, 1.165) is 28.4 Å². The fraction of sp³-hybridized carbons (Fsp3) is 0. The smallest absolute Gasteiger partial charge is 0.0542 e. The maximum Gasteiger partial charge on any atom is 0.0542 e. The Kier molecular flexibility index (Phi) is 6.81. The highest BCUT2D eigenvalue weighted by Crippen LogP contribution is 2.41. The summed E-state index contributed by atoms with van der Waals surface area (Å²) in [6.45, 7) is 0. The second-order valence-electron chi connectivity index (χ2n) is 13.0. The van der Waals surface area contributed by atoms with Gasteiger partial charge in [-0.1, -0.05) is 115 Å². The predicted octanol–water partition coefficient (Wildman–Crippen LogP) is 13.0. The highest BCUT2D eigenvalue weighted by atomic mass is 15.1. The fourth-order valence-electron chi connectivity index (χ4n) is 7.79. The number of hydrogen-bond acceptors (Lipinski definition) is 1. The summed E-state index contributed by atoms with van der Waals surface area (Å²) in [5.41, 5.74) is 12.8. The normalized spacial score (nSPS) is 11.5. The summed E-state index contributed by atoms with van der Waals surface area (Å²) in [5, 5.41) is 4.99. The second-order valence-corrected chi connectivity index (χ2v) is 13.0. The van der Waals surface area contributed by atoms with Gasteiger partial charge in [0, 0.05) is 50.0 Å². The lowest BCUT2D eigenvalue weighted by Gasteiger charge is -2.26. The summed E-state index contributed by atoms with van der Waals surface area (Å²) in [6, 6.07) is 72.1. The van der Waals surface area contributed by atoms with Gasteiger partial charge >= 0.3 is 0 Å². The van der Waals surface area contributed by atoms with Crippen molar-refractivity contribution < 1.29 is 0 Å². The van der Waals surface area contributed by atoms with E-state index in [2.05, 4.69) is 214 Å². The summed E-state index contributed by atoms with van der Waals surface area (Å²) in [4.78, 5) is 2.37. The zero-order valence-corrected chi connectivity index (χ0v) is 27.9. The molecular formula is C48H33N3. The van der Waals surface area contributed by atoms with Crippen LogP contribution >= 0.6 is 0 Å². The van der Waals surface area contributed by atoms with Crippen LogP contribution in [0.2, 0.25) is 0 Å². The molecule has 2 heterocycles. The van der Waals surface area contributed by atoms with E-state index in [1.165, 1.54) is 54.7 Å². The van der Waals surface area contributed by atoms with Gasteiger partial charge in [0.2, 0.25) is 0 Å². The van der Waals surface area contributed by atoms with Gasteiger partial charge in [-0.3, -0.25) is 0 Å². The molecule has 240 valence electrons. The minimum atomic E-state index is 1.10. The Morgan fingerprint density at radius 2 is 0.667 bits per heavy atom. The number of nitrogens with zero attached hydrogens (tertiary/aromatic N) is 3. The average Bonchev–Trinajstić information content (AvgIpc) is 3.72. The van der Waals surface area contributed by atoms with Crippen molar-refractivity contribution in [2.75, 3.05) is 4.90 Å². The molecule has 10 rings (SSSR count). The van der Waals surface area contributed by atoms with E-state index in [1.807, 2.05) is 0 Å². The van der Waals surface area contributed by atoms with Crippen molar-refractivity contribution >= 4 is 60.7 Å². The number of rotatable bonds is 6. The third-order valence-electron chi connectivity index (χ3n) is 10.1. The third kappa shape index (κ3) is 4.82. The zero-order valence-electron chi connectivity index (χ0n) is 27.9. The Balaban J connectivity index is 1.14. The quantitative estimate of drug-likeness (QED) is 0.174. The first-order valence-electron chi connectivity index (χ1n) is 17.4. The molecule has 0 saturated carbocycles. The van der Waals surface area contributed by atoms with E-state index in [-0.39, 0.29) is 0 Å². The van der Waals surface area contributed by atoms with Gasteiger partial charge in [0.25, 0.3) is 0 Å². The van der Waals surface area contributed by atoms with Crippen LogP contribution in [0.1, 0.15) is 0 Å². The molecular weight excluding hydrogens is 619 g/mol. The monoisotopic (exact) mass is 651 g/mol. The van der Waals surface area contributed by atoms with Gasteiger partial charge < -0.3 is 14.0 Å². The summed E-state index contributed by atoms with van der Waals surface area (Å²) in [5.74, 6) is 0. The average molecular weight is 652 g/mol. The van der Waals surface area contributed by atoms with Gasteiger partial charge in [-0.2, -0.15) is 0 Å². The number of para-hydroxylation sites is 4. The number of benzene rings is 8. The first kappa shape index (κ1) is 29.1. The van der Waals surface area contributed by atoms with Crippen LogP contribution < -0.4 is 4.90 Å². The fourth-order valence-corrected chi connectivity index (χ4v) is 7.79. The van der Waals surface area contributed by atoms with Gasteiger partial charge in [-0.25, -0.2) is 0 Å². The molecule has 0 aliphatic rings. The molecule has 3 nitrogen and oxygen atoms in total. The van der Waals surface area contributed by atoms with E-state index in [1.54, 1.807) is 0 Å². The minimum Gasteiger partial charge on any atom is -0.310 e. The van der Waals surface area contributed by atoms with Crippen molar-refractivity contribution in [1.29, 1.82) is 0 Å². The van der Waals surface area contributed by atoms with Crippen LogP contribution in [-0.2, 0) is 0 Å². The van der Waals surface area contributed by atoms with E-state index in [0.29, 0.717) is 0 Å². The van der Waals surface area contributed by atoms with Gasteiger partial charge in [0.15, 0.2) is 0 Å². The van der Waals surface area contributed by atoms with Crippen molar-refractivity contribution in [2.24, 2.45) is 0 Å². The Morgan fingerprint density at radius 1 is 0.275 bits per heavy atom. The van der Waals surface area contributed by atoms with Crippen LogP contribution in [0, 0.1) is 0 Å². The SMILES string of the molecule is c1ccc(-c2ccc(N(c3ccc(-n4c5ccccc5c5ccccc54)cc3)c3ccc4c(c3)c3ccccc3n4-c3ccccc3)cc2)cc1. The van der Waals surface area contributed by atoms with Crippen molar-refractivity contribution in [1.82, 2.24) is 9.13 Å². The van der Waals surface area contributed by atoms with E-state index in [4.69, 9.17) is 0 Å². The molecule has 3 heteroatoms. The van der Waals surface area contributed by atoms with Gasteiger partial charge in [0.05, 0.1) is 22.1 Å². The maximum atomic E-state index is 2.37. The summed E-state index contributed by atoms with van der Waals surface area (Å²) >= 11 is 0. The molecule has 10 aromatic rings.